The van der Waals surface area contributed by atoms with Gasteiger partial charge in [-0.1, -0.05) is 67.1 Å². The minimum Gasteiger partial charge on any atom is -0.488 e. The van der Waals surface area contributed by atoms with Crippen LogP contribution in [0.3, 0.4) is 0 Å². The van der Waals surface area contributed by atoms with Gasteiger partial charge in [0.15, 0.2) is 0 Å². The van der Waals surface area contributed by atoms with E-state index in [9.17, 15) is 4.79 Å². The van der Waals surface area contributed by atoms with Crippen molar-refractivity contribution in [2.45, 2.75) is 40.3 Å². The van der Waals surface area contributed by atoms with E-state index in [-0.39, 0.29) is 12.4 Å². The van der Waals surface area contributed by atoms with Crippen molar-refractivity contribution >= 4 is 5.97 Å². The Balaban J connectivity index is 1.98. The Hall–Kier alpha value is -3.11. The van der Waals surface area contributed by atoms with Gasteiger partial charge < -0.3 is 14.8 Å². The number of carbonyl (C=O) groups is 1. The molecular formula is C27H31NO3. The minimum absolute atomic E-state index is 0.219. The lowest BCUT2D eigenvalue weighted by Gasteiger charge is -2.17. The first kappa shape index (κ1) is 22.6. The first-order valence-electron chi connectivity index (χ1n) is 10.9. The summed E-state index contributed by atoms with van der Waals surface area (Å²) in [7, 11) is 0. The first-order chi connectivity index (χ1) is 15.1. The van der Waals surface area contributed by atoms with Crippen LogP contribution >= 0.6 is 0 Å². The number of esters is 1. The molecule has 1 N–H and O–H groups in total. The van der Waals surface area contributed by atoms with Crippen LogP contribution in [0.15, 0.2) is 66.7 Å². The number of benzene rings is 3. The predicted octanol–water partition coefficient (Wildman–Crippen LogP) is 5.46. The van der Waals surface area contributed by atoms with E-state index < -0.39 is 0 Å². The van der Waals surface area contributed by atoms with Gasteiger partial charge in [-0.25, -0.2) is 0 Å². The number of ether oxygens (including phenoxy) is 2. The Kier molecular flexibility index (Phi) is 8.25. The van der Waals surface area contributed by atoms with Crippen molar-refractivity contribution in [2.75, 3.05) is 13.2 Å². The average molecular weight is 418 g/mol. The fourth-order valence-corrected chi connectivity index (χ4v) is 3.53. The molecule has 0 saturated heterocycles. The summed E-state index contributed by atoms with van der Waals surface area (Å²) in [5.41, 5.74) is 6.55. The van der Waals surface area contributed by atoms with Crippen LogP contribution in [0.1, 0.15) is 36.1 Å². The quantitative estimate of drug-likeness (QED) is 0.445. The summed E-state index contributed by atoms with van der Waals surface area (Å²) in [6.45, 7) is 8.56. The minimum atomic E-state index is -0.219. The lowest BCUT2D eigenvalue weighted by molar-refractivity contribution is -0.142. The molecule has 0 fully saturated rings. The number of nitrogens with one attached hydrogen (secondary N) is 1. The lowest BCUT2D eigenvalue weighted by Crippen LogP contribution is -2.13. The second kappa shape index (κ2) is 11.3. The molecule has 31 heavy (non-hydrogen) atoms. The topological polar surface area (TPSA) is 47.6 Å². The van der Waals surface area contributed by atoms with Gasteiger partial charge in [0.1, 0.15) is 12.4 Å². The van der Waals surface area contributed by atoms with Gasteiger partial charge in [-0.05, 0) is 54.8 Å². The maximum atomic E-state index is 12.0. The van der Waals surface area contributed by atoms with Gasteiger partial charge in [0.2, 0.25) is 0 Å². The third kappa shape index (κ3) is 6.43. The number of hydrogen-bond donors (Lipinski definition) is 1. The monoisotopic (exact) mass is 417 g/mol. The van der Waals surface area contributed by atoms with Gasteiger partial charge in [-0.15, -0.1) is 0 Å². The van der Waals surface area contributed by atoms with Crippen LogP contribution in [0.25, 0.3) is 11.1 Å². The van der Waals surface area contributed by atoms with E-state index in [0.717, 1.165) is 41.1 Å². The van der Waals surface area contributed by atoms with Crippen LogP contribution < -0.4 is 10.1 Å². The van der Waals surface area contributed by atoms with Gasteiger partial charge in [0.25, 0.3) is 0 Å². The van der Waals surface area contributed by atoms with Crippen LogP contribution in [0.2, 0.25) is 0 Å². The molecule has 3 aromatic rings. The van der Waals surface area contributed by atoms with Crippen LogP contribution in [-0.4, -0.2) is 19.1 Å². The molecule has 0 aromatic heterocycles. The largest absolute Gasteiger partial charge is 0.488 e. The Morgan fingerprint density at radius 2 is 1.71 bits per heavy atom. The number of rotatable bonds is 10. The molecule has 4 heteroatoms. The molecule has 0 unspecified atom stereocenters. The molecule has 0 spiro atoms. The Labute approximate surface area is 185 Å². The highest BCUT2D eigenvalue weighted by atomic mass is 16.5. The second-order valence-electron chi connectivity index (χ2n) is 7.53. The molecule has 0 atom stereocenters. The number of hydrogen-bond acceptors (Lipinski definition) is 4. The van der Waals surface area contributed by atoms with E-state index >= 15 is 0 Å². The van der Waals surface area contributed by atoms with Crippen molar-refractivity contribution in [3.63, 3.8) is 0 Å². The van der Waals surface area contributed by atoms with Crippen molar-refractivity contribution in [2.24, 2.45) is 0 Å². The lowest BCUT2D eigenvalue weighted by atomic mass is 9.95. The molecule has 0 aliphatic heterocycles. The molecule has 4 nitrogen and oxygen atoms in total. The predicted molar refractivity (Wildman–Crippen MR) is 125 cm³/mol. The zero-order chi connectivity index (χ0) is 22.1. The zero-order valence-electron chi connectivity index (χ0n) is 18.6. The maximum absolute atomic E-state index is 12.0. The van der Waals surface area contributed by atoms with E-state index in [2.05, 4.69) is 55.6 Å². The van der Waals surface area contributed by atoms with Gasteiger partial charge in [0.05, 0.1) is 13.0 Å². The van der Waals surface area contributed by atoms with Crippen molar-refractivity contribution in [1.29, 1.82) is 0 Å². The number of carbonyl (C=O) groups excluding carboxylic acids is 1. The van der Waals surface area contributed by atoms with Crippen molar-refractivity contribution in [3.8, 4) is 16.9 Å². The van der Waals surface area contributed by atoms with Crippen LogP contribution in [0.4, 0.5) is 0 Å². The summed E-state index contributed by atoms with van der Waals surface area (Å²) in [6.07, 6.45) is 0.244. The van der Waals surface area contributed by atoms with Gasteiger partial charge in [-0.2, -0.15) is 0 Å². The molecule has 0 aliphatic carbocycles. The molecule has 0 amide bonds. The summed E-state index contributed by atoms with van der Waals surface area (Å²) < 4.78 is 11.4. The molecule has 0 bridgehead atoms. The standard InChI is InChI=1S/C27H31NO3/c1-4-28-18-23-15-20(3)11-13-24(23)25-16-22(17-27(29)30-5-2)12-14-26(25)31-19-21-9-7-6-8-10-21/h6-16,28H,4-5,17-19H2,1-3H3. The molecule has 0 heterocycles. The number of aryl methyl sites for hydroxylation is 1. The average Bonchev–Trinajstić information content (AvgIpc) is 2.78. The zero-order valence-corrected chi connectivity index (χ0v) is 18.6. The van der Waals surface area contributed by atoms with E-state index in [1.54, 1.807) is 0 Å². The van der Waals surface area contributed by atoms with E-state index in [4.69, 9.17) is 9.47 Å². The second-order valence-corrected chi connectivity index (χ2v) is 7.53. The fraction of sp³-hybridized carbons (Fsp3) is 0.296. The summed E-state index contributed by atoms with van der Waals surface area (Å²) in [6, 6.07) is 22.5. The highest BCUT2D eigenvalue weighted by Crippen LogP contribution is 2.35. The normalized spacial score (nSPS) is 10.7. The van der Waals surface area contributed by atoms with Crippen molar-refractivity contribution in [1.82, 2.24) is 5.32 Å². The highest BCUT2D eigenvalue weighted by molar-refractivity contribution is 5.77. The highest BCUT2D eigenvalue weighted by Gasteiger charge is 2.14. The van der Waals surface area contributed by atoms with E-state index in [1.807, 2.05) is 37.3 Å². The van der Waals surface area contributed by atoms with Crippen molar-refractivity contribution in [3.05, 3.63) is 89.0 Å². The van der Waals surface area contributed by atoms with Crippen LogP contribution in [0.5, 0.6) is 5.75 Å². The van der Waals surface area contributed by atoms with Crippen molar-refractivity contribution < 1.29 is 14.3 Å². The molecule has 0 saturated carbocycles. The molecule has 0 radical (unpaired) electrons. The molecular weight excluding hydrogens is 386 g/mol. The summed E-state index contributed by atoms with van der Waals surface area (Å²) in [5.74, 6) is 0.584. The van der Waals surface area contributed by atoms with Crippen LogP contribution in [0, 0.1) is 6.92 Å². The smallest absolute Gasteiger partial charge is 0.310 e. The van der Waals surface area contributed by atoms with E-state index in [1.165, 1.54) is 11.1 Å². The van der Waals surface area contributed by atoms with Gasteiger partial charge >= 0.3 is 5.97 Å². The van der Waals surface area contributed by atoms with Crippen LogP contribution in [-0.2, 0) is 29.1 Å². The third-order valence-corrected chi connectivity index (χ3v) is 5.05. The molecule has 3 rings (SSSR count). The first-order valence-corrected chi connectivity index (χ1v) is 10.9. The van der Waals surface area contributed by atoms with Gasteiger partial charge in [-0.3, -0.25) is 4.79 Å². The summed E-state index contributed by atoms with van der Waals surface area (Å²) in [5, 5.41) is 3.43. The maximum Gasteiger partial charge on any atom is 0.310 e. The van der Waals surface area contributed by atoms with Gasteiger partial charge in [0, 0.05) is 12.1 Å². The molecule has 3 aromatic carbocycles. The van der Waals surface area contributed by atoms with E-state index in [0.29, 0.717) is 13.2 Å². The summed E-state index contributed by atoms with van der Waals surface area (Å²) in [4.78, 5) is 12.0. The SMILES string of the molecule is CCNCc1cc(C)ccc1-c1cc(CC(=O)OCC)ccc1OCc1ccccc1. The Morgan fingerprint density at radius 3 is 2.45 bits per heavy atom. The Morgan fingerprint density at radius 1 is 0.903 bits per heavy atom. The molecule has 162 valence electrons. The third-order valence-electron chi connectivity index (χ3n) is 5.05. The Bertz CT molecular complexity index is 999. The summed E-state index contributed by atoms with van der Waals surface area (Å²) >= 11 is 0. The fourth-order valence-electron chi connectivity index (χ4n) is 3.53. The molecule has 0 aliphatic rings.